The van der Waals surface area contributed by atoms with Gasteiger partial charge in [-0.1, -0.05) is 12.1 Å². The van der Waals surface area contributed by atoms with E-state index in [9.17, 15) is 0 Å². The molecule has 4 rings (SSSR count). The maximum absolute atomic E-state index is 4.67. The molecule has 0 saturated heterocycles. The Balaban J connectivity index is 1.66. The van der Waals surface area contributed by atoms with E-state index in [2.05, 4.69) is 38.2 Å². The molecule has 1 aliphatic heterocycles. The fraction of sp³-hybridized carbons (Fsp3) is 0.333. The van der Waals surface area contributed by atoms with Crippen LogP contribution >= 0.6 is 11.3 Å². The first kappa shape index (κ1) is 12.8. The quantitative estimate of drug-likeness (QED) is 0.889. The fourth-order valence-electron chi connectivity index (χ4n) is 2.25. The van der Waals surface area contributed by atoms with Crippen LogP contribution in [0.1, 0.15) is 12.8 Å². The minimum Gasteiger partial charge on any atom is -0.370 e. The zero-order valence-electron chi connectivity index (χ0n) is 11.6. The average Bonchev–Trinajstić information content (AvgIpc) is 2.99. The Morgan fingerprint density at radius 3 is 3.05 bits per heavy atom. The van der Waals surface area contributed by atoms with E-state index in [0.29, 0.717) is 0 Å². The summed E-state index contributed by atoms with van der Waals surface area (Å²) in [5, 5.41) is 7.45. The van der Waals surface area contributed by atoms with E-state index >= 15 is 0 Å². The number of rotatable bonds is 5. The van der Waals surface area contributed by atoms with Gasteiger partial charge >= 0.3 is 0 Å². The van der Waals surface area contributed by atoms with Crippen molar-refractivity contribution in [3.05, 3.63) is 35.9 Å². The van der Waals surface area contributed by atoms with Gasteiger partial charge in [0.25, 0.3) is 0 Å². The topological polar surface area (TPSA) is 53.1 Å². The van der Waals surface area contributed by atoms with Gasteiger partial charge in [-0.3, -0.25) is 5.01 Å². The maximum atomic E-state index is 4.67. The Morgan fingerprint density at radius 1 is 1.38 bits per heavy atom. The molecule has 2 N–H and O–H groups in total. The predicted molar refractivity (Wildman–Crippen MR) is 86.2 cm³/mol. The lowest BCUT2D eigenvalue weighted by Gasteiger charge is -2.17. The Morgan fingerprint density at radius 2 is 2.33 bits per heavy atom. The highest BCUT2D eigenvalue weighted by molar-refractivity contribution is 7.13. The summed E-state index contributed by atoms with van der Waals surface area (Å²) in [4.78, 5) is 10.4. The maximum Gasteiger partial charge on any atom is 0.173 e. The molecule has 5 nitrogen and oxygen atoms in total. The molecule has 3 heterocycles. The lowest BCUT2D eigenvalue weighted by molar-refractivity contribution is 0.798. The van der Waals surface area contributed by atoms with E-state index in [1.54, 1.807) is 11.3 Å². The predicted octanol–water partition coefficient (Wildman–Crippen LogP) is 2.87. The third kappa shape index (κ3) is 2.91. The largest absolute Gasteiger partial charge is 0.370 e. The summed E-state index contributed by atoms with van der Waals surface area (Å²) in [5.41, 5.74) is 3.26. The summed E-state index contributed by atoms with van der Waals surface area (Å²) in [6.07, 6.45) is 6.74. The van der Waals surface area contributed by atoms with Gasteiger partial charge in [0.1, 0.15) is 5.82 Å². The van der Waals surface area contributed by atoms with E-state index in [4.69, 9.17) is 0 Å². The van der Waals surface area contributed by atoms with Gasteiger partial charge in [0.05, 0.1) is 4.88 Å². The molecule has 1 fully saturated rings. The van der Waals surface area contributed by atoms with Crippen LogP contribution in [0.15, 0.2) is 35.9 Å². The minimum absolute atomic E-state index is 0.780. The number of thiophene rings is 1. The van der Waals surface area contributed by atoms with Crippen LogP contribution in [-0.2, 0) is 0 Å². The first-order chi connectivity index (χ1) is 10.4. The van der Waals surface area contributed by atoms with Crippen molar-refractivity contribution in [3.8, 4) is 10.7 Å². The summed E-state index contributed by atoms with van der Waals surface area (Å²) < 4.78 is 0. The molecule has 2 aliphatic rings. The Kier molecular flexibility index (Phi) is 3.33. The monoisotopic (exact) mass is 299 g/mol. The Hall–Kier alpha value is -1.92. The van der Waals surface area contributed by atoms with Crippen LogP contribution < -0.4 is 15.8 Å². The Labute approximate surface area is 127 Å². The third-order valence-corrected chi connectivity index (χ3v) is 4.47. The van der Waals surface area contributed by atoms with Crippen LogP contribution in [0.25, 0.3) is 10.7 Å². The normalized spacial score (nSPS) is 17.4. The van der Waals surface area contributed by atoms with Crippen LogP contribution in [0.3, 0.4) is 0 Å². The molecule has 0 amide bonds. The number of hydrazine groups is 1. The SMILES string of the molecule is C1=CN(c2cc(NCC3CC3)nc(-c3cccs3)n2)NC1. The lowest BCUT2D eigenvalue weighted by atomic mass is 10.4. The van der Waals surface area contributed by atoms with Gasteiger partial charge < -0.3 is 5.32 Å². The van der Waals surface area contributed by atoms with Crippen molar-refractivity contribution in [2.45, 2.75) is 12.8 Å². The summed E-state index contributed by atoms with van der Waals surface area (Å²) in [7, 11) is 0. The first-order valence-corrected chi connectivity index (χ1v) is 8.13. The molecule has 0 unspecified atom stereocenters. The number of anilines is 2. The second-order valence-corrected chi connectivity index (χ2v) is 6.30. The second kappa shape index (κ2) is 5.46. The molecule has 1 saturated carbocycles. The van der Waals surface area contributed by atoms with E-state index in [1.807, 2.05) is 23.3 Å². The smallest absolute Gasteiger partial charge is 0.173 e. The van der Waals surface area contributed by atoms with Gasteiger partial charge in [-0.2, -0.15) is 0 Å². The molecule has 2 aromatic rings. The van der Waals surface area contributed by atoms with Crippen molar-refractivity contribution in [1.82, 2.24) is 15.4 Å². The summed E-state index contributed by atoms with van der Waals surface area (Å²) in [5.74, 6) is 3.37. The number of nitrogens with one attached hydrogen (secondary N) is 2. The van der Waals surface area contributed by atoms with Crippen molar-refractivity contribution in [2.75, 3.05) is 23.4 Å². The van der Waals surface area contributed by atoms with Crippen LogP contribution in [0.5, 0.6) is 0 Å². The van der Waals surface area contributed by atoms with E-state index in [-0.39, 0.29) is 0 Å². The van der Waals surface area contributed by atoms with Crippen LogP contribution in [-0.4, -0.2) is 23.1 Å². The van der Waals surface area contributed by atoms with Gasteiger partial charge in [0.15, 0.2) is 11.6 Å². The van der Waals surface area contributed by atoms with Crippen molar-refractivity contribution < 1.29 is 0 Å². The van der Waals surface area contributed by atoms with E-state index in [0.717, 1.165) is 41.3 Å². The zero-order chi connectivity index (χ0) is 14.1. The molecule has 108 valence electrons. The van der Waals surface area contributed by atoms with E-state index < -0.39 is 0 Å². The third-order valence-electron chi connectivity index (χ3n) is 3.60. The van der Waals surface area contributed by atoms with Gasteiger partial charge in [-0.25, -0.2) is 15.4 Å². The number of nitrogens with zero attached hydrogens (tertiary/aromatic N) is 3. The summed E-state index contributed by atoms with van der Waals surface area (Å²) in [6, 6.07) is 6.09. The standard InChI is InChI=1S/C15H17N5S/c1-3-12(21-8-1)15-18-13(16-10-11-4-5-11)9-14(19-15)20-7-2-6-17-20/h1-3,7-9,11,17H,4-6,10H2,(H,16,18,19). The van der Waals surface area contributed by atoms with Gasteiger partial charge in [0.2, 0.25) is 0 Å². The summed E-state index contributed by atoms with van der Waals surface area (Å²) >= 11 is 1.66. The number of hydrogen-bond acceptors (Lipinski definition) is 6. The molecule has 21 heavy (non-hydrogen) atoms. The average molecular weight is 299 g/mol. The van der Waals surface area contributed by atoms with Crippen LogP contribution in [0.4, 0.5) is 11.6 Å². The molecule has 0 spiro atoms. The van der Waals surface area contributed by atoms with Gasteiger partial charge in [-0.15, -0.1) is 11.3 Å². The Bertz CT molecular complexity index is 648. The van der Waals surface area contributed by atoms with Crippen molar-refractivity contribution >= 4 is 23.0 Å². The lowest BCUT2D eigenvalue weighted by Crippen LogP contribution is -2.29. The molecule has 0 aromatic carbocycles. The highest BCUT2D eigenvalue weighted by Gasteiger charge is 2.21. The van der Waals surface area contributed by atoms with Crippen molar-refractivity contribution in [2.24, 2.45) is 5.92 Å². The van der Waals surface area contributed by atoms with Crippen molar-refractivity contribution in [1.29, 1.82) is 0 Å². The highest BCUT2D eigenvalue weighted by atomic mass is 32.1. The summed E-state index contributed by atoms with van der Waals surface area (Å²) in [6.45, 7) is 1.84. The molecule has 2 aromatic heterocycles. The van der Waals surface area contributed by atoms with Gasteiger partial charge in [0, 0.05) is 25.4 Å². The zero-order valence-corrected chi connectivity index (χ0v) is 12.4. The molecule has 0 atom stereocenters. The van der Waals surface area contributed by atoms with E-state index in [1.165, 1.54) is 12.8 Å². The molecule has 0 bridgehead atoms. The van der Waals surface area contributed by atoms with Crippen molar-refractivity contribution in [3.63, 3.8) is 0 Å². The first-order valence-electron chi connectivity index (χ1n) is 7.25. The highest BCUT2D eigenvalue weighted by Crippen LogP contribution is 2.30. The molecule has 0 radical (unpaired) electrons. The van der Waals surface area contributed by atoms with Crippen LogP contribution in [0, 0.1) is 5.92 Å². The molecule has 6 heteroatoms. The van der Waals surface area contributed by atoms with Gasteiger partial charge in [-0.05, 0) is 30.2 Å². The molecular weight excluding hydrogens is 282 g/mol. The fourth-order valence-corrected chi connectivity index (χ4v) is 2.91. The molecular formula is C15H17N5S. The minimum atomic E-state index is 0.780. The van der Waals surface area contributed by atoms with Crippen LogP contribution in [0.2, 0.25) is 0 Å². The second-order valence-electron chi connectivity index (χ2n) is 5.35. The number of aromatic nitrogens is 2. The number of hydrogen-bond donors (Lipinski definition) is 2. The molecule has 1 aliphatic carbocycles.